The van der Waals surface area contributed by atoms with Crippen LogP contribution >= 0.6 is 34.7 Å². The second-order valence-corrected chi connectivity index (χ2v) is 4.58. The number of thiophene rings is 1. The van der Waals surface area contributed by atoms with Gasteiger partial charge in [0.05, 0.1) is 11.7 Å². The monoisotopic (exact) mass is 245 g/mol. The smallest absolute Gasteiger partial charge is 0.186 e. The van der Waals surface area contributed by atoms with Crippen LogP contribution in [0.25, 0.3) is 0 Å². The lowest BCUT2D eigenvalue weighted by molar-refractivity contribution is 1.04. The van der Waals surface area contributed by atoms with Crippen LogP contribution in [0, 0.1) is 0 Å². The maximum absolute atomic E-state index is 5.78. The predicted octanol–water partition coefficient (Wildman–Crippen LogP) is 2.91. The molecule has 0 amide bonds. The summed E-state index contributed by atoms with van der Waals surface area (Å²) in [6, 6.07) is 4.17. The molecule has 3 nitrogen and oxygen atoms in total. The molecule has 0 aliphatic rings. The molecule has 2 heterocycles. The predicted molar refractivity (Wildman–Crippen MR) is 61.4 cm³/mol. The first kappa shape index (κ1) is 9.89. The van der Waals surface area contributed by atoms with E-state index in [1.165, 1.54) is 4.88 Å². The fourth-order valence-corrected chi connectivity index (χ4v) is 2.43. The van der Waals surface area contributed by atoms with Crippen molar-refractivity contribution in [2.45, 2.75) is 6.42 Å². The van der Waals surface area contributed by atoms with Crippen LogP contribution < -0.4 is 5.32 Å². The van der Waals surface area contributed by atoms with E-state index in [0.29, 0.717) is 11.0 Å². The van der Waals surface area contributed by atoms with Crippen molar-refractivity contribution < 1.29 is 0 Å². The largest absolute Gasteiger partial charge is 0.366 e. The van der Waals surface area contributed by atoms with Gasteiger partial charge in [-0.1, -0.05) is 17.7 Å². The third-order valence-corrected chi connectivity index (χ3v) is 3.52. The number of nitrogens with zero attached hydrogens (tertiary/aromatic N) is 2. The minimum Gasteiger partial charge on any atom is -0.366 e. The van der Waals surface area contributed by atoms with Gasteiger partial charge in [-0.25, -0.2) is 0 Å². The number of hydrogen-bond donors (Lipinski definition) is 1. The van der Waals surface area contributed by atoms with Crippen LogP contribution in [0.1, 0.15) is 4.88 Å². The third-order valence-electron chi connectivity index (χ3n) is 1.69. The quantitative estimate of drug-likeness (QED) is 0.900. The van der Waals surface area contributed by atoms with E-state index < -0.39 is 0 Å². The zero-order chi connectivity index (χ0) is 9.80. The molecule has 0 aromatic carbocycles. The van der Waals surface area contributed by atoms with Crippen LogP contribution in [0.5, 0.6) is 0 Å². The molecule has 1 N–H and O–H groups in total. The van der Waals surface area contributed by atoms with Crippen LogP contribution in [0.3, 0.4) is 0 Å². The number of hydrogen-bond acceptors (Lipinski definition) is 5. The Kier molecular flexibility index (Phi) is 3.34. The van der Waals surface area contributed by atoms with E-state index in [0.717, 1.165) is 24.7 Å². The number of aromatic nitrogens is 2. The van der Waals surface area contributed by atoms with Gasteiger partial charge in [0.2, 0.25) is 0 Å². The zero-order valence-corrected chi connectivity index (χ0v) is 9.62. The molecule has 2 rings (SSSR count). The Morgan fingerprint density at radius 2 is 2.36 bits per heavy atom. The zero-order valence-electron chi connectivity index (χ0n) is 7.24. The van der Waals surface area contributed by atoms with Gasteiger partial charge < -0.3 is 5.32 Å². The third kappa shape index (κ3) is 2.43. The fraction of sp³-hybridized carbons (Fsp3) is 0.250. The van der Waals surface area contributed by atoms with Crippen LogP contribution in [0.4, 0.5) is 5.82 Å². The van der Waals surface area contributed by atoms with E-state index in [4.69, 9.17) is 11.6 Å². The van der Waals surface area contributed by atoms with Crippen molar-refractivity contribution >= 4 is 40.5 Å². The summed E-state index contributed by atoms with van der Waals surface area (Å²) in [4.78, 5) is 1.36. The number of rotatable bonds is 4. The average Bonchev–Trinajstić information content (AvgIpc) is 2.78. The summed E-state index contributed by atoms with van der Waals surface area (Å²) in [5.41, 5.74) is 0. The highest BCUT2D eigenvalue weighted by Gasteiger charge is 2.03. The van der Waals surface area contributed by atoms with Crippen LogP contribution in [0.2, 0.25) is 5.15 Å². The first-order valence-electron chi connectivity index (χ1n) is 4.10. The van der Waals surface area contributed by atoms with Gasteiger partial charge in [-0.3, -0.25) is 0 Å². The second kappa shape index (κ2) is 4.72. The first-order valence-corrected chi connectivity index (χ1v) is 6.09. The summed E-state index contributed by atoms with van der Waals surface area (Å²) in [6.45, 7) is 0.839. The van der Waals surface area contributed by atoms with Gasteiger partial charge >= 0.3 is 0 Å². The molecule has 2 aromatic rings. The lowest BCUT2D eigenvalue weighted by Gasteiger charge is -2.00. The first-order chi connectivity index (χ1) is 6.86. The molecule has 2 aromatic heterocycles. The molecule has 14 heavy (non-hydrogen) atoms. The van der Waals surface area contributed by atoms with Crippen molar-refractivity contribution in [1.29, 1.82) is 0 Å². The SMILES string of the molecule is Clc1nsnc1NCCc1cccs1. The van der Waals surface area contributed by atoms with Gasteiger partial charge in [0.25, 0.3) is 0 Å². The maximum atomic E-state index is 5.78. The lowest BCUT2D eigenvalue weighted by atomic mass is 10.3. The summed E-state index contributed by atoms with van der Waals surface area (Å²) in [5, 5.41) is 5.68. The van der Waals surface area contributed by atoms with Crippen LogP contribution in [-0.4, -0.2) is 15.3 Å². The molecular weight excluding hydrogens is 238 g/mol. The molecule has 0 bridgehead atoms. The number of nitrogens with one attached hydrogen (secondary N) is 1. The van der Waals surface area contributed by atoms with Gasteiger partial charge in [0.15, 0.2) is 11.0 Å². The summed E-state index contributed by atoms with van der Waals surface area (Å²) >= 11 is 8.66. The molecule has 74 valence electrons. The van der Waals surface area contributed by atoms with Crippen LogP contribution in [-0.2, 0) is 6.42 Å². The molecule has 0 aliphatic carbocycles. The van der Waals surface area contributed by atoms with E-state index in [9.17, 15) is 0 Å². The van der Waals surface area contributed by atoms with Gasteiger partial charge in [-0.05, 0) is 17.9 Å². The van der Waals surface area contributed by atoms with Crippen molar-refractivity contribution in [3.8, 4) is 0 Å². The topological polar surface area (TPSA) is 37.8 Å². The highest BCUT2D eigenvalue weighted by molar-refractivity contribution is 7.09. The van der Waals surface area contributed by atoms with E-state index in [1.54, 1.807) is 11.3 Å². The number of anilines is 1. The van der Waals surface area contributed by atoms with Gasteiger partial charge in [-0.15, -0.1) is 11.3 Å². The molecule has 0 fully saturated rings. The second-order valence-electron chi connectivity index (χ2n) is 2.66. The molecule has 0 radical (unpaired) electrons. The minimum absolute atomic E-state index is 0.459. The Labute approximate surface area is 95.1 Å². The van der Waals surface area contributed by atoms with Crippen molar-refractivity contribution in [3.63, 3.8) is 0 Å². The molecular formula is C8H8ClN3S2. The molecule has 0 atom stereocenters. The summed E-state index contributed by atoms with van der Waals surface area (Å²) in [6.07, 6.45) is 0.992. The molecule has 0 saturated heterocycles. The van der Waals surface area contributed by atoms with E-state index in [1.807, 2.05) is 0 Å². The van der Waals surface area contributed by atoms with Crippen molar-refractivity contribution in [2.24, 2.45) is 0 Å². The summed E-state index contributed by atoms with van der Waals surface area (Å²) in [7, 11) is 0. The number of halogens is 1. The Morgan fingerprint density at radius 3 is 3.00 bits per heavy atom. The molecule has 0 unspecified atom stereocenters. The summed E-state index contributed by atoms with van der Waals surface area (Å²) < 4.78 is 7.89. The Morgan fingerprint density at radius 1 is 1.43 bits per heavy atom. The summed E-state index contributed by atoms with van der Waals surface area (Å²) in [5.74, 6) is 0.688. The fourth-order valence-electron chi connectivity index (χ4n) is 1.04. The highest BCUT2D eigenvalue weighted by Crippen LogP contribution is 2.17. The highest BCUT2D eigenvalue weighted by atomic mass is 35.5. The van der Waals surface area contributed by atoms with Gasteiger partial charge in [-0.2, -0.15) is 8.75 Å². The standard InChI is InChI=1S/C8H8ClN3S2/c9-7-8(12-14-11-7)10-4-3-6-2-1-5-13-6/h1-2,5H,3-4H2,(H,10,12). The van der Waals surface area contributed by atoms with E-state index in [-0.39, 0.29) is 0 Å². The Balaban J connectivity index is 1.81. The van der Waals surface area contributed by atoms with Crippen molar-refractivity contribution in [1.82, 2.24) is 8.75 Å². The minimum atomic E-state index is 0.459. The van der Waals surface area contributed by atoms with E-state index >= 15 is 0 Å². The van der Waals surface area contributed by atoms with Gasteiger partial charge in [0, 0.05) is 11.4 Å². The molecule has 0 aliphatic heterocycles. The molecule has 6 heteroatoms. The molecule has 0 spiro atoms. The average molecular weight is 246 g/mol. The van der Waals surface area contributed by atoms with Gasteiger partial charge in [0.1, 0.15) is 0 Å². The maximum Gasteiger partial charge on any atom is 0.186 e. The molecule has 0 saturated carbocycles. The Bertz CT molecular complexity index is 385. The van der Waals surface area contributed by atoms with Crippen LogP contribution in [0.15, 0.2) is 17.5 Å². The van der Waals surface area contributed by atoms with E-state index in [2.05, 4.69) is 31.6 Å². The lowest BCUT2D eigenvalue weighted by Crippen LogP contribution is -2.04. The normalized spacial score (nSPS) is 10.4. The van der Waals surface area contributed by atoms with Crippen molar-refractivity contribution in [2.75, 3.05) is 11.9 Å². The van der Waals surface area contributed by atoms with Crippen molar-refractivity contribution in [3.05, 3.63) is 27.5 Å². The Hall–Kier alpha value is -0.650.